The van der Waals surface area contributed by atoms with Crippen molar-refractivity contribution in [2.45, 2.75) is 39.7 Å². The van der Waals surface area contributed by atoms with Crippen molar-refractivity contribution in [2.75, 3.05) is 13.2 Å². The zero-order chi connectivity index (χ0) is 14.4. The number of carbonyl (C=O) groups excluding carboxylic acids is 1. The molecule has 2 N–H and O–H groups in total. The standard InChI is InChI=1S/C15H23NO3/c1-10(2)13-6-5-11(3)14(7-13)19-9-15(18)16-8-12(4)17/h5-7,10,12,17H,8-9H2,1-4H3,(H,16,18). The fraction of sp³-hybridized carbons (Fsp3) is 0.533. The number of ether oxygens (including phenoxy) is 1. The van der Waals surface area contributed by atoms with E-state index < -0.39 is 6.10 Å². The van der Waals surface area contributed by atoms with Gasteiger partial charge in [0.25, 0.3) is 5.91 Å². The summed E-state index contributed by atoms with van der Waals surface area (Å²) in [5, 5.41) is 11.7. The van der Waals surface area contributed by atoms with E-state index in [1.54, 1.807) is 6.92 Å². The Morgan fingerprint density at radius 2 is 2.05 bits per heavy atom. The molecule has 0 spiro atoms. The molecule has 0 radical (unpaired) electrons. The van der Waals surface area contributed by atoms with Crippen LogP contribution in [-0.4, -0.2) is 30.3 Å². The summed E-state index contributed by atoms with van der Waals surface area (Å²) in [5.41, 5.74) is 2.19. The first-order chi connectivity index (χ1) is 8.90. The minimum atomic E-state index is -0.546. The number of hydrogen-bond acceptors (Lipinski definition) is 3. The molecule has 4 heteroatoms. The van der Waals surface area contributed by atoms with Gasteiger partial charge in [0, 0.05) is 6.54 Å². The molecule has 1 atom stereocenters. The van der Waals surface area contributed by atoms with Crippen molar-refractivity contribution >= 4 is 5.91 Å². The lowest BCUT2D eigenvalue weighted by Crippen LogP contribution is -2.34. The number of benzene rings is 1. The van der Waals surface area contributed by atoms with Gasteiger partial charge in [-0.05, 0) is 37.0 Å². The van der Waals surface area contributed by atoms with Crippen molar-refractivity contribution in [3.8, 4) is 5.75 Å². The van der Waals surface area contributed by atoms with Crippen molar-refractivity contribution in [3.05, 3.63) is 29.3 Å². The maximum absolute atomic E-state index is 11.5. The molecule has 0 aliphatic heterocycles. The summed E-state index contributed by atoms with van der Waals surface area (Å²) in [6, 6.07) is 6.04. The lowest BCUT2D eigenvalue weighted by Gasteiger charge is -2.13. The van der Waals surface area contributed by atoms with Crippen molar-refractivity contribution < 1.29 is 14.6 Å². The van der Waals surface area contributed by atoms with Gasteiger partial charge in [0.05, 0.1) is 6.10 Å². The summed E-state index contributed by atoms with van der Waals surface area (Å²) >= 11 is 0. The van der Waals surface area contributed by atoms with Crippen LogP contribution in [0.15, 0.2) is 18.2 Å². The number of rotatable bonds is 6. The van der Waals surface area contributed by atoms with Gasteiger partial charge in [0.1, 0.15) is 5.75 Å². The first kappa shape index (κ1) is 15.5. The van der Waals surface area contributed by atoms with E-state index in [0.717, 1.165) is 11.3 Å². The number of hydrogen-bond donors (Lipinski definition) is 2. The molecule has 0 aliphatic carbocycles. The average Bonchev–Trinajstić information content (AvgIpc) is 2.35. The largest absolute Gasteiger partial charge is 0.483 e. The third kappa shape index (κ3) is 5.30. The second kappa shape index (κ2) is 7.14. The predicted molar refractivity (Wildman–Crippen MR) is 75.5 cm³/mol. The number of aryl methyl sites for hydroxylation is 1. The SMILES string of the molecule is Cc1ccc(C(C)C)cc1OCC(=O)NCC(C)O. The molecule has 0 aromatic heterocycles. The number of nitrogens with one attached hydrogen (secondary N) is 1. The zero-order valence-electron chi connectivity index (χ0n) is 12.1. The third-order valence-corrected chi connectivity index (χ3v) is 2.83. The van der Waals surface area contributed by atoms with E-state index in [-0.39, 0.29) is 19.1 Å². The summed E-state index contributed by atoms with van der Waals surface area (Å²) in [4.78, 5) is 11.5. The van der Waals surface area contributed by atoms with E-state index in [1.807, 2.05) is 19.1 Å². The van der Waals surface area contributed by atoms with Crippen molar-refractivity contribution in [1.82, 2.24) is 5.32 Å². The summed E-state index contributed by atoms with van der Waals surface area (Å²) < 4.78 is 5.53. The zero-order valence-corrected chi connectivity index (χ0v) is 12.1. The molecular weight excluding hydrogens is 242 g/mol. The van der Waals surface area contributed by atoms with Crippen molar-refractivity contribution in [3.63, 3.8) is 0 Å². The van der Waals surface area contributed by atoms with Gasteiger partial charge in [0.2, 0.25) is 0 Å². The average molecular weight is 265 g/mol. The number of amides is 1. The van der Waals surface area contributed by atoms with Crippen LogP contribution < -0.4 is 10.1 Å². The van der Waals surface area contributed by atoms with Gasteiger partial charge in [-0.3, -0.25) is 4.79 Å². The topological polar surface area (TPSA) is 58.6 Å². The molecule has 19 heavy (non-hydrogen) atoms. The van der Waals surface area contributed by atoms with Gasteiger partial charge in [0.15, 0.2) is 6.61 Å². The smallest absolute Gasteiger partial charge is 0.258 e. The molecule has 0 fully saturated rings. The Morgan fingerprint density at radius 3 is 2.63 bits per heavy atom. The summed E-state index contributed by atoms with van der Waals surface area (Å²) in [6.07, 6.45) is -0.546. The molecule has 4 nitrogen and oxygen atoms in total. The molecule has 1 rings (SSSR count). The molecule has 0 saturated heterocycles. The fourth-order valence-electron chi connectivity index (χ4n) is 1.59. The number of carbonyl (C=O) groups is 1. The van der Waals surface area contributed by atoms with Gasteiger partial charge in [-0.15, -0.1) is 0 Å². The Hall–Kier alpha value is -1.55. The lowest BCUT2D eigenvalue weighted by atomic mass is 10.0. The molecule has 0 aliphatic rings. The van der Waals surface area contributed by atoms with Gasteiger partial charge >= 0.3 is 0 Å². The third-order valence-electron chi connectivity index (χ3n) is 2.83. The van der Waals surface area contributed by atoms with E-state index >= 15 is 0 Å². The van der Waals surface area contributed by atoms with Crippen LogP contribution in [0.4, 0.5) is 0 Å². The van der Waals surface area contributed by atoms with Crippen LogP contribution in [0.3, 0.4) is 0 Å². The molecule has 0 saturated carbocycles. The first-order valence-corrected chi connectivity index (χ1v) is 6.58. The Bertz CT molecular complexity index is 427. The highest BCUT2D eigenvalue weighted by Gasteiger charge is 2.08. The maximum Gasteiger partial charge on any atom is 0.258 e. The van der Waals surface area contributed by atoms with Crippen LogP contribution in [0.1, 0.15) is 37.8 Å². The fourth-order valence-corrected chi connectivity index (χ4v) is 1.59. The number of aliphatic hydroxyl groups excluding tert-OH is 1. The van der Waals surface area contributed by atoms with E-state index in [0.29, 0.717) is 5.92 Å². The first-order valence-electron chi connectivity index (χ1n) is 6.58. The molecule has 1 amide bonds. The monoisotopic (exact) mass is 265 g/mol. The minimum absolute atomic E-state index is 0.0326. The van der Waals surface area contributed by atoms with Crippen molar-refractivity contribution in [1.29, 1.82) is 0 Å². The molecule has 1 aromatic rings. The molecule has 0 bridgehead atoms. The van der Waals surface area contributed by atoms with Gasteiger partial charge in [-0.25, -0.2) is 0 Å². The van der Waals surface area contributed by atoms with E-state index in [9.17, 15) is 4.79 Å². The van der Waals surface area contributed by atoms with E-state index in [4.69, 9.17) is 9.84 Å². The van der Waals surface area contributed by atoms with Crippen LogP contribution in [0.2, 0.25) is 0 Å². The van der Waals surface area contributed by atoms with Gasteiger partial charge < -0.3 is 15.2 Å². The summed E-state index contributed by atoms with van der Waals surface area (Å²) in [7, 11) is 0. The van der Waals surface area contributed by atoms with Gasteiger partial charge in [-0.2, -0.15) is 0 Å². The van der Waals surface area contributed by atoms with E-state index in [2.05, 4.69) is 25.2 Å². The Labute approximate surface area is 114 Å². The van der Waals surface area contributed by atoms with Crippen LogP contribution in [0.25, 0.3) is 0 Å². The molecule has 1 unspecified atom stereocenters. The molecule has 0 heterocycles. The minimum Gasteiger partial charge on any atom is -0.483 e. The molecule has 1 aromatic carbocycles. The van der Waals surface area contributed by atoms with E-state index in [1.165, 1.54) is 5.56 Å². The molecular formula is C15H23NO3. The van der Waals surface area contributed by atoms with Crippen LogP contribution in [0.5, 0.6) is 5.75 Å². The highest BCUT2D eigenvalue weighted by atomic mass is 16.5. The lowest BCUT2D eigenvalue weighted by molar-refractivity contribution is -0.123. The van der Waals surface area contributed by atoms with Crippen LogP contribution in [-0.2, 0) is 4.79 Å². The number of aliphatic hydroxyl groups is 1. The van der Waals surface area contributed by atoms with Gasteiger partial charge in [-0.1, -0.05) is 26.0 Å². The predicted octanol–water partition coefficient (Wildman–Crippen LogP) is 1.99. The summed E-state index contributed by atoms with van der Waals surface area (Å²) in [5.74, 6) is 0.931. The second-order valence-electron chi connectivity index (χ2n) is 5.12. The van der Waals surface area contributed by atoms with Crippen molar-refractivity contribution in [2.24, 2.45) is 0 Å². The van der Waals surface area contributed by atoms with Crippen LogP contribution >= 0.6 is 0 Å². The highest BCUT2D eigenvalue weighted by molar-refractivity contribution is 5.77. The van der Waals surface area contributed by atoms with Crippen LogP contribution in [0, 0.1) is 6.92 Å². The maximum atomic E-state index is 11.5. The Kier molecular flexibility index (Phi) is 5.83. The summed E-state index contributed by atoms with van der Waals surface area (Å²) in [6.45, 7) is 8.01. The Balaban J connectivity index is 2.57. The highest BCUT2D eigenvalue weighted by Crippen LogP contribution is 2.24. The Morgan fingerprint density at radius 1 is 1.37 bits per heavy atom. The normalized spacial score (nSPS) is 12.3. The quantitative estimate of drug-likeness (QED) is 0.827. The molecule has 106 valence electrons. The second-order valence-corrected chi connectivity index (χ2v) is 5.12.